The van der Waals surface area contributed by atoms with Gasteiger partial charge in [-0.2, -0.15) is 4.79 Å². The summed E-state index contributed by atoms with van der Waals surface area (Å²) in [6.07, 6.45) is 5.66. The highest BCUT2D eigenvalue weighted by molar-refractivity contribution is 9.11. The van der Waals surface area contributed by atoms with E-state index in [-0.39, 0.29) is 5.41 Å². The fraction of sp³-hybridized carbons (Fsp3) is 0.171. The van der Waals surface area contributed by atoms with Crippen molar-refractivity contribution in [3.8, 4) is 23.5 Å². The van der Waals surface area contributed by atoms with E-state index in [1.54, 1.807) is 0 Å². The SMILES string of the molecule is C#Cc1cc(Br)c(C(=[N+]=[N-])c2c3ccccc3c(-c3c(C)cc(C(C)(C)C)cc3C)c3ccccc23)c(Br)c1. The van der Waals surface area contributed by atoms with Gasteiger partial charge in [-0.3, -0.25) is 0 Å². The van der Waals surface area contributed by atoms with E-state index in [1.165, 1.54) is 27.8 Å². The number of hydrogen-bond acceptors (Lipinski definition) is 0. The molecule has 0 aromatic heterocycles. The minimum absolute atomic E-state index is 0.0598. The van der Waals surface area contributed by atoms with Crippen LogP contribution in [0.5, 0.6) is 0 Å². The molecule has 0 aliphatic heterocycles. The van der Waals surface area contributed by atoms with Crippen LogP contribution in [0, 0.1) is 26.2 Å². The molecule has 0 spiro atoms. The molecule has 0 aliphatic carbocycles. The van der Waals surface area contributed by atoms with Crippen LogP contribution in [0.15, 0.2) is 81.7 Å². The molecule has 0 fully saturated rings. The van der Waals surface area contributed by atoms with E-state index < -0.39 is 0 Å². The number of benzene rings is 5. The molecule has 192 valence electrons. The highest BCUT2D eigenvalue weighted by Gasteiger charge is 2.29. The quantitative estimate of drug-likeness (QED) is 0.0622. The third-order valence-corrected chi connectivity index (χ3v) is 8.61. The zero-order valence-corrected chi connectivity index (χ0v) is 25.8. The molecule has 5 aromatic rings. The smallest absolute Gasteiger partial charge is 0.333 e. The van der Waals surface area contributed by atoms with E-state index in [0.717, 1.165) is 47.2 Å². The summed E-state index contributed by atoms with van der Waals surface area (Å²) >= 11 is 7.36. The number of nitrogens with zero attached hydrogens (tertiary/aromatic N) is 2. The Bertz CT molecular complexity index is 1790. The lowest BCUT2D eigenvalue weighted by molar-refractivity contribution is -0.00267. The van der Waals surface area contributed by atoms with Gasteiger partial charge in [-0.05, 0) is 113 Å². The highest BCUT2D eigenvalue weighted by atomic mass is 79.9. The molecule has 0 saturated heterocycles. The number of hydrogen-bond donors (Lipinski definition) is 0. The van der Waals surface area contributed by atoms with Gasteiger partial charge in [-0.15, -0.1) is 6.42 Å². The number of aryl methyl sites for hydroxylation is 2. The molecule has 0 atom stereocenters. The third-order valence-electron chi connectivity index (χ3n) is 7.36. The predicted octanol–water partition coefficient (Wildman–Crippen LogP) is 10.1. The largest absolute Gasteiger partial charge is 0.361 e. The van der Waals surface area contributed by atoms with E-state index in [0.29, 0.717) is 5.71 Å². The molecule has 0 N–H and O–H groups in total. The van der Waals surface area contributed by atoms with E-state index in [2.05, 4.69) is 126 Å². The molecule has 39 heavy (non-hydrogen) atoms. The second-order valence-corrected chi connectivity index (χ2v) is 12.7. The Morgan fingerprint density at radius 1 is 0.744 bits per heavy atom. The minimum Gasteiger partial charge on any atom is -0.361 e. The molecule has 0 radical (unpaired) electrons. The summed E-state index contributed by atoms with van der Waals surface area (Å²) in [5.74, 6) is 2.68. The van der Waals surface area contributed by atoms with Crippen LogP contribution >= 0.6 is 31.9 Å². The summed E-state index contributed by atoms with van der Waals surface area (Å²) in [6, 6.07) is 25.1. The van der Waals surface area contributed by atoms with Crippen molar-refractivity contribution >= 4 is 59.1 Å². The maximum absolute atomic E-state index is 10.5. The maximum Gasteiger partial charge on any atom is 0.333 e. The van der Waals surface area contributed by atoms with Gasteiger partial charge in [-0.25, -0.2) is 0 Å². The first-order chi connectivity index (χ1) is 18.6. The van der Waals surface area contributed by atoms with Gasteiger partial charge in [-0.1, -0.05) is 87.4 Å². The lowest BCUT2D eigenvalue weighted by Gasteiger charge is -2.24. The normalized spacial score (nSPS) is 11.4. The molecule has 0 unspecified atom stereocenters. The standard InChI is InChI=1S/C35H28Br2N2/c1-7-22-18-28(36)33(29(37)19-22)34(39-38)32-26-14-10-8-12-24(26)31(25-13-9-11-15-27(25)32)30-20(2)16-23(17-21(30)3)35(4,5)6/h1,8-19H,2-6H3. The summed E-state index contributed by atoms with van der Waals surface area (Å²) in [5.41, 5.74) is 19.6. The van der Waals surface area contributed by atoms with Crippen molar-refractivity contribution in [2.24, 2.45) is 0 Å². The van der Waals surface area contributed by atoms with Gasteiger partial charge in [0, 0.05) is 14.5 Å². The summed E-state index contributed by atoms with van der Waals surface area (Å²) in [6.45, 7) is 11.2. The Kier molecular flexibility index (Phi) is 7.12. The number of halogens is 2. The van der Waals surface area contributed by atoms with Gasteiger partial charge in [0.05, 0.1) is 11.1 Å². The van der Waals surface area contributed by atoms with Crippen LogP contribution in [0.4, 0.5) is 0 Å². The first kappa shape index (κ1) is 27.1. The molecule has 0 amide bonds. The topological polar surface area (TPSA) is 36.4 Å². The van der Waals surface area contributed by atoms with Gasteiger partial charge in [0.25, 0.3) is 0 Å². The Labute approximate surface area is 247 Å². The van der Waals surface area contributed by atoms with Crippen molar-refractivity contribution in [2.75, 3.05) is 0 Å². The van der Waals surface area contributed by atoms with Crippen LogP contribution in [0.25, 0.3) is 38.2 Å². The Morgan fingerprint density at radius 3 is 1.62 bits per heavy atom. The van der Waals surface area contributed by atoms with Crippen molar-refractivity contribution in [3.05, 3.63) is 121 Å². The Balaban J connectivity index is 1.93. The van der Waals surface area contributed by atoms with Crippen molar-refractivity contribution in [1.29, 1.82) is 0 Å². The molecular weight excluding hydrogens is 608 g/mol. The van der Waals surface area contributed by atoms with Crippen molar-refractivity contribution < 1.29 is 4.79 Å². The number of rotatable bonds is 3. The van der Waals surface area contributed by atoms with Crippen LogP contribution in [0.2, 0.25) is 0 Å². The molecule has 0 bridgehead atoms. The van der Waals surface area contributed by atoms with Crippen LogP contribution in [-0.4, -0.2) is 10.5 Å². The van der Waals surface area contributed by atoms with Crippen LogP contribution in [-0.2, 0) is 5.41 Å². The number of fused-ring (bicyclic) bond motifs is 2. The van der Waals surface area contributed by atoms with Gasteiger partial charge >= 0.3 is 5.71 Å². The van der Waals surface area contributed by atoms with Gasteiger partial charge < -0.3 is 5.53 Å². The fourth-order valence-corrected chi connectivity index (χ4v) is 7.11. The van der Waals surface area contributed by atoms with Crippen molar-refractivity contribution in [2.45, 2.75) is 40.0 Å². The lowest BCUT2D eigenvalue weighted by Crippen LogP contribution is -2.12. The molecule has 5 aromatic carbocycles. The van der Waals surface area contributed by atoms with Gasteiger partial charge in [0.2, 0.25) is 0 Å². The highest BCUT2D eigenvalue weighted by Crippen LogP contribution is 2.44. The van der Waals surface area contributed by atoms with Gasteiger partial charge in [0.1, 0.15) is 0 Å². The first-order valence-electron chi connectivity index (χ1n) is 12.8. The molecule has 0 saturated carbocycles. The lowest BCUT2D eigenvalue weighted by atomic mass is 9.80. The summed E-state index contributed by atoms with van der Waals surface area (Å²) in [7, 11) is 0. The van der Waals surface area contributed by atoms with E-state index >= 15 is 0 Å². The van der Waals surface area contributed by atoms with Gasteiger partial charge in [0.15, 0.2) is 0 Å². The fourth-order valence-electron chi connectivity index (χ4n) is 5.55. The molecule has 2 nitrogen and oxygen atoms in total. The summed E-state index contributed by atoms with van der Waals surface area (Å²) in [5, 5.41) is 4.24. The van der Waals surface area contributed by atoms with Crippen LogP contribution < -0.4 is 0 Å². The third kappa shape index (κ3) is 4.66. The molecular formula is C35H28Br2N2. The molecule has 0 heterocycles. The van der Waals surface area contributed by atoms with E-state index in [4.69, 9.17) is 6.42 Å². The van der Waals surface area contributed by atoms with E-state index in [9.17, 15) is 5.53 Å². The average Bonchev–Trinajstić information content (AvgIpc) is 2.89. The number of terminal acetylenes is 1. The van der Waals surface area contributed by atoms with Crippen molar-refractivity contribution in [1.82, 2.24) is 0 Å². The van der Waals surface area contributed by atoms with Crippen molar-refractivity contribution in [3.63, 3.8) is 0 Å². The molecule has 4 heteroatoms. The summed E-state index contributed by atoms with van der Waals surface area (Å²) in [4.78, 5) is 3.89. The summed E-state index contributed by atoms with van der Waals surface area (Å²) < 4.78 is 1.50. The zero-order valence-electron chi connectivity index (χ0n) is 22.7. The second-order valence-electron chi connectivity index (χ2n) is 11.0. The Morgan fingerprint density at radius 2 is 1.21 bits per heavy atom. The minimum atomic E-state index is 0.0598. The zero-order chi connectivity index (χ0) is 28.1. The van der Waals surface area contributed by atoms with Crippen LogP contribution in [0.1, 0.15) is 54.2 Å². The monoisotopic (exact) mass is 634 g/mol. The van der Waals surface area contributed by atoms with Crippen LogP contribution in [0.3, 0.4) is 0 Å². The maximum atomic E-state index is 10.5. The molecule has 0 aliphatic rings. The van der Waals surface area contributed by atoms with E-state index in [1.807, 2.05) is 24.3 Å². The average molecular weight is 636 g/mol. The second kappa shape index (κ2) is 10.2. The molecule has 5 rings (SSSR count). The predicted molar refractivity (Wildman–Crippen MR) is 172 cm³/mol. The Hall–Kier alpha value is -3.48. The first-order valence-corrected chi connectivity index (χ1v) is 14.4.